The summed E-state index contributed by atoms with van der Waals surface area (Å²) in [6, 6.07) is 10.8. The number of amides is 3. The third-order valence-electron chi connectivity index (χ3n) is 8.86. The Bertz CT molecular complexity index is 1540. The van der Waals surface area contributed by atoms with Crippen LogP contribution in [0, 0.1) is 11.2 Å². The lowest BCUT2D eigenvalue weighted by atomic mass is 9.79. The summed E-state index contributed by atoms with van der Waals surface area (Å²) in [7, 11) is 0. The molecular weight excluding hydrogens is 661 g/mol. The molecular formula is C38H50FN3O9. The number of unbranched alkanes of at least 4 members (excludes halogenated alkanes) is 1. The van der Waals surface area contributed by atoms with Crippen molar-refractivity contribution in [2.75, 3.05) is 13.2 Å². The van der Waals surface area contributed by atoms with Crippen LogP contribution in [0.25, 0.3) is 0 Å². The molecule has 1 saturated heterocycles. The van der Waals surface area contributed by atoms with Crippen LogP contribution in [0.5, 0.6) is 0 Å². The molecule has 0 spiro atoms. The van der Waals surface area contributed by atoms with Crippen molar-refractivity contribution in [1.29, 1.82) is 0 Å². The van der Waals surface area contributed by atoms with Crippen LogP contribution in [-0.4, -0.2) is 82.5 Å². The number of ketones is 1. The molecule has 0 bridgehead atoms. The van der Waals surface area contributed by atoms with Crippen LogP contribution >= 0.6 is 0 Å². The molecule has 3 N–H and O–H groups in total. The van der Waals surface area contributed by atoms with Crippen molar-refractivity contribution >= 4 is 35.6 Å². The molecule has 13 heteroatoms. The minimum Gasteiger partial charge on any atom is -0.480 e. The van der Waals surface area contributed by atoms with Gasteiger partial charge in [-0.3, -0.25) is 14.4 Å². The van der Waals surface area contributed by atoms with Gasteiger partial charge < -0.3 is 30.1 Å². The van der Waals surface area contributed by atoms with E-state index in [2.05, 4.69) is 10.6 Å². The number of hydrogen-bond acceptors (Lipinski definition) is 8. The van der Waals surface area contributed by atoms with E-state index in [1.807, 2.05) is 0 Å². The molecule has 1 heterocycles. The van der Waals surface area contributed by atoms with Crippen molar-refractivity contribution in [2.24, 2.45) is 5.41 Å². The highest BCUT2D eigenvalue weighted by Crippen LogP contribution is 2.29. The second-order valence-electron chi connectivity index (χ2n) is 14.1. The number of esters is 1. The number of halogens is 1. The molecule has 1 fully saturated rings. The zero-order chi connectivity index (χ0) is 37.8. The first-order chi connectivity index (χ1) is 24.0. The van der Waals surface area contributed by atoms with Gasteiger partial charge in [0.05, 0.1) is 23.6 Å². The normalized spacial score (nSPS) is 16.7. The molecule has 278 valence electrons. The van der Waals surface area contributed by atoms with Gasteiger partial charge in [-0.05, 0) is 89.1 Å². The maximum absolute atomic E-state index is 14.1. The van der Waals surface area contributed by atoms with Crippen LogP contribution in [-0.2, 0) is 35.1 Å². The van der Waals surface area contributed by atoms with E-state index in [0.717, 1.165) is 0 Å². The highest BCUT2D eigenvalue weighted by molar-refractivity contribution is 5.96. The SMILES string of the molecule is CC[C@](C)(CC(=O)[C@@H](CCCCOC(=O)c1ccccc1)NC(=O)OC(C)(C)C)C(=O)N[C@@H](Cc1cccc(F)c1)C(=O)N1CCC[C@@H]1C(=O)O. The Morgan fingerprint density at radius 3 is 2.29 bits per heavy atom. The van der Waals surface area contributed by atoms with E-state index in [1.54, 1.807) is 71.0 Å². The van der Waals surface area contributed by atoms with Crippen molar-refractivity contribution in [1.82, 2.24) is 15.5 Å². The maximum Gasteiger partial charge on any atom is 0.408 e. The average molecular weight is 712 g/mol. The van der Waals surface area contributed by atoms with Crippen LogP contribution in [0.2, 0.25) is 0 Å². The standard InChI is InChI=1S/C38H50FN3O9/c1-6-38(5,35(48)40-29(23-25-14-12-17-27(39)22-25)32(44)42-20-13-19-30(42)33(45)46)24-31(43)28(41-36(49)51-37(2,3)4)18-10-11-21-50-34(47)26-15-8-7-9-16-26/h7-9,12,14-17,22,28-30H,6,10-11,13,18-21,23-24H2,1-5H3,(H,40,48)(H,41,49)(H,45,46)/t28-,29+,30-,38-/m1/s1. The van der Waals surface area contributed by atoms with Gasteiger partial charge in [0.25, 0.3) is 0 Å². The molecule has 12 nitrogen and oxygen atoms in total. The molecule has 0 aliphatic carbocycles. The van der Waals surface area contributed by atoms with Crippen LogP contribution in [0.15, 0.2) is 54.6 Å². The summed E-state index contributed by atoms with van der Waals surface area (Å²) >= 11 is 0. The van der Waals surface area contributed by atoms with Gasteiger partial charge >= 0.3 is 18.0 Å². The topological polar surface area (TPSA) is 168 Å². The lowest BCUT2D eigenvalue weighted by Crippen LogP contribution is -2.55. The lowest BCUT2D eigenvalue weighted by Gasteiger charge is -2.32. The summed E-state index contributed by atoms with van der Waals surface area (Å²) in [5, 5.41) is 15.1. The Labute approximate surface area is 298 Å². The number of ether oxygens (including phenoxy) is 2. The van der Waals surface area contributed by atoms with Gasteiger partial charge in [-0.25, -0.2) is 18.8 Å². The van der Waals surface area contributed by atoms with Gasteiger partial charge in [-0.15, -0.1) is 0 Å². The number of Topliss-reactive ketones (excluding diaryl/α,β-unsaturated/α-hetero) is 1. The van der Waals surface area contributed by atoms with Gasteiger partial charge in [0.1, 0.15) is 23.5 Å². The Morgan fingerprint density at radius 1 is 0.961 bits per heavy atom. The Kier molecular flexibility index (Phi) is 14.7. The Hall–Kier alpha value is -4.81. The summed E-state index contributed by atoms with van der Waals surface area (Å²) < 4.78 is 24.8. The fraction of sp³-hybridized carbons (Fsp3) is 0.526. The van der Waals surface area contributed by atoms with E-state index in [9.17, 15) is 38.3 Å². The number of likely N-dealkylation sites (tertiary alicyclic amines) is 1. The van der Waals surface area contributed by atoms with E-state index in [-0.39, 0.29) is 45.3 Å². The number of carboxylic acid groups (broad SMARTS) is 1. The molecule has 2 aromatic carbocycles. The quantitative estimate of drug-likeness (QED) is 0.147. The van der Waals surface area contributed by atoms with Gasteiger partial charge in [-0.1, -0.05) is 44.2 Å². The second-order valence-corrected chi connectivity index (χ2v) is 14.1. The molecule has 1 aliphatic heterocycles. The van der Waals surface area contributed by atoms with E-state index in [1.165, 1.54) is 23.1 Å². The summed E-state index contributed by atoms with van der Waals surface area (Å²) in [6.07, 6.45) is 0.693. The molecule has 0 unspecified atom stereocenters. The molecule has 2 aromatic rings. The van der Waals surface area contributed by atoms with E-state index in [4.69, 9.17) is 9.47 Å². The van der Waals surface area contributed by atoms with Gasteiger partial charge in [-0.2, -0.15) is 0 Å². The largest absolute Gasteiger partial charge is 0.480 e. The van der Waals surface area contributed by atoms with Gasteiger partial charge in [0, 0.05) is 19.4 Å². The number of carbonyl (C=O) groups excluding carboxylic acids is 5. The Morgan fingerprint density at radius 2 is 1.67 bits per heavy atom. The number of benzene rings is 2. The van der Waals surface area contributed by atoms with Crippen LogP contribution < -0.4 is 10.6 Å². The van der Waals surface area contributed by atoms with Crippen molar-refractivity contribution < 1.29 is 47.7 Å². The van der Waals surface area contributed by atoms with Crippen molar-refractivity contribution in [2.45, 2.75) is 110 Å². The van der Waals surface area contributed by atoms with Crippen molar-refractivity contribution in [3.8, 4) is 0 Å². The number of nitrogens with one attached hydrogen (secondary N) is 2. The first kappa shape index (κ1) is 40.6. The minimum atomic E-state index is -1.34. The fourth-order valence-corrected chi connectivity index (χ4v) is 5.83. The van der Waals surface area contributed by atoms with Crippen molar-refractivity contribution in [3.05, 3.63) is 71.5 Å². The first-order valence-corrected chi connectivity index (χ1v) is 17.4. The molecule has 3 amide bonds. The number of hydrogen-bond donors (Lipinski definition) is 3. The third kappa shape index (κ3) is 12.5. The molecule has 51 heavy (non-hydrogen) atoms. The van der Waals surface area contributed by atoms with Crippen LogP contribution in [0.3, 0.4) is 0 Å². The number of rotatable bonds is 17. The smallest absolute Gasteiger partial charge is 0.408 e. The highest BCUT2D eigenvalue weighted by atomic mass is 19.1. The fourth-order valence-electron chi connectivity index (χ4n) is 5.83. The summed E-state index contributed by atoms with van der Waals surface area (Å²) in [6.45, 7) is 8.64. The Balaban J connectivity index is 1.75. The average Bonchev–Trinajstić information content (AvgIpc) is 3.57. The molecule has 0 saturated carbocycles. The number of nitrogens with zero attached hydrogens (tertiary/aromatic N) is 1. The first-order valence-electron chi connectivity index (χ1n) is 17.4. The highest BCUT2D eigenvalue weighted by Gasteiger charge is 2.41. The molecule has 0 radical (unpaired) electrons. The summed E-state index contributed by atoms with van der Waals surface area (Å²) in [5.74, 6) is -3.84. The number of aliphatic carboxylic acids is 1. The summed E-state index contributed by atoms with van der Waals surface area (Å²) in [4.78, 5) is 79.7. The number of carbonyl (C=O) groups is 6. The molecule has 4 atom stereocenters. The van der Waals surface area contributed by atoms with Crippen LogP contribution in [0.4, 0.5) is 9.18 Å². The van der Waals surface area contributed by atoms with E-state index >= 15 is 0 Å². The predicted octanol–water partition coefficient (Wildman–Crippen LogP) is 5.22. The van der Waals surface area contributed by atoms with Crippen LogP contribution in [0.1, 0.15) is 95.5 Å². The molecule has 1 aliphatic rings. The van der Waals surface area contributed by atoms with Crippen molar-refractivity contribution in [3.63, 3.8) is 0 Å². The number of alkyl carbamates (subject to hydrolysis) is 1. The lowest BCUT2D eigenvalue weighted by molar-refractivity contribution is -0.150. The zero-order valence-electron chi connectivity index (χ0n) is 30.0. The minimum absolute atomic E-state index is 0.0939. The van der Waals surface area contributed by atoms with Gasteiger partial charge in [0.15, 0.2) is 5.78 Å². The zero-order valence-corrected chi connectivity index (χ0v) is 30.0. The number of carboxylic acids is 1. The molecule has 0 aromatic heterocycles. The second kappa shape index (κ2) is 18.4. The van der Waals surface area contributed by atoms with E-state index < -0.39 is 70.6 Å². The third-order valence-corrected chi connectivity index (χ3v) is 8.86. The predicted molar refractivity (Wildman–Crippen MR) is 186 cm³/mol. The molecule has 3 rings (SSSR count). The van der Waals surface area contributed by atoms with E-state index in [0.29, 0.717) is 30.4 Å². The maximum atomic E-state index is 14.1. The summed E-state index contributed by atoms with van der Waals surface area (Å²) in [5.41, 5.74) is -1.34. The van der Waals surface area contributed by atoms with Gasteiger partial charge in [0.2, 0.25) is 11.8 Å². The monoisotopic (exact) mass is 711 g/mol.